The smallest absolute Gasteiger partial charge is 0.294 e. The maximum atomic E-state index is 12.8. The molecule has 1 N–H and O–H groups in total. The van der Waals surface area contributed by atoms with Gasteiger partial charge in [0.05, 0.1) is 4.91 Å². The first-order valence-corrected chi connectivity index (χ1v) is 12.0. The number of thioether (sulfide) groups is 1. The van der Waals surface area contributed by atoms with E-state index in [4.69, 9.17) is 4.74 Å². The molecule has 1 heterocycles. The van der Waals surface area contributed by atoms with Crippen molar-refractivity contribution in [3.63, 3.8) is 0 Å². The van der Waals surface area contributed by atoms with Crippen LogP contribution in [0.3, 0.4) is 0 Å². The summed E-state index contributed by atoms with van der Waals surface area (Å²) < 4.78 is 5.84. The van der Waals surface area contributed by atoms with Crippen molar-refractivity contribution in [1.82, 2.24) is 4.90 Å². The van der Waals surface area contributed by atoms with Gasteiger partial charge in [0.25, 0.3) is 11.1 Å². The fourth-order valence-corrected chi connectivity index (χ4v) is 4.59. The quantitative estimate of drug-likeness (QED) is 0.423. The van der Waals surface area contributed by atoms with Crippen LogP contribution in [0.4, 0.5) is 10.5 Å². The van der Waals surface area contributed by atoms with Crippen molar-refractivity contribution in [2.75, 3.05) is 11.9 Å². The normalized spacial score (nSPS) is 14.5. The molecule has 0 unspecified atom stereocenters. The minimum Gasteiger partial charge on any atom is -0.489 e. The summed E-state index contributed by atoms with van der Waals surface area (Å²) in [4.78, 5) is 39.0. The van der Waals surface area contributed by atoms with Crippen LogP contribution in [-0.4, -0.2) is 28.5 Å². The van der Waals surface area contributed by atoms with Gasteiger partial charge in [0, 0.05) is 5.69 Å². The Bertz CT molecular complexity index is 1290. The number of carbonyl (C=O) groups excluding carboxylic acids is 3. The number of para-hydroxylation sites is 1. The highest BCUT2D eigenvalue weighted by atomic mass is 32.2. The van der Waals surface area contributed by atoms with Gasteiger partial charge >= 0.3 is 0 Å². The number of carbonyl (C=O) groups is 3. The molecule has 35 heavy (non-hydrogen) atoms. The van der Waals surface area contributed by atoms with E-state index in [9.17, 15) is 14.4 Å². The van der Waals surface area contributed by atoms with Crippen molar-refractivity contribution >= 4 is 40.6 Å². The first kappa shape index (κ1) is 24.3. The zero-order valence-electron chi connectivity index (χ0n) is 19.8. The summed E-state index contributed by atoms with van der Waals surface area (Å²) in [7, 11) is 0. The van der Waals surface area contributed by atoms with E-state index in [2.05, 4.69) is 11.4 Å². The molecule has 0 aromatic heterocycles. The third-order valence-corrected chi connectivity index (χ3v) is 6.49. The summed E-state index contributed by atoms with van der Waals surface area (Å²) in [6, 6.07) is 21.1. The minimum atomic E-state index is -0.476. The topological polar surface area (TPSA) is 75.7 Å². The van der Waals surface area contributed by atoms with E-state index in [0.717, 1.165) is 38.9 Å². The summed E-state index contributed by atoms with van der Waals surface area (Å²) in [6.07, 6.45) is 1.65. The summed E-state index contributed by atoms with van der Waals surface area (Å²) in [5.41, 5.74) is 5.56. The van der Waals surface area contributed by atoms with Crippen molar-refractivity contribution in [3.05, 3.63) is 99.5 Å². The van der Waals surface area contributed by atoms with Crippen molar-refractivity contribution in [2.24, 2.45) is 0 Å². The molecule has 4 rings (SSSR count). The standard InChI is InChI=1S/C28H26N2O4S/c1-18-6-4-9-22(14-18)17-34-23-12-10-21(11-13-23)15-24-27(32)30(28(33)35-24)16-25(31)29-26-19(2)7-5-8-20(26)3/h4-15H,16-17H2,1-3H3,(H,29,31)/b24-15+. The average molecular weight is 487 g/mol. The SMILES string of the molecule is Cc1cccc(COc2ccc(/C=C3/SC(=O)N(CC(=O)Nc4c(C)cccc4C)C3=O)cc2)c1. The molecule has 3 aromatic carbocycles. The number of hydrogen-bond acceptors (Lipinski definition) is 5. The largest absolute Gasteiger partial charge is 0.489 e. The Hall–Kier alpha value is -3.84. The number of amides is 3. The van der Waals surface area contributed by atoms with Crippen LogP contribution >= 0.6 is 11.8 Å². The van der Waals surface area contributed by atoms with E-state index in [-0.39, 0.29) is 11.4 Å². The third kappa shape index (κ3) is 6.00. The highest BCUT2D eigenvalue weighted by Gasteiger charge is 2.36. The Kier molecular flexibility index (Phi) is 7.36. The average Bonchev–Trinajstić information content (AvgIpc) is 3.08. The minimum absolute atomic E-state index is 0.281. The van der Waals surface area contributed by atoms with Crippen LogP contribution in [0.25, 0.3) is 6.08 Å². The van der Waals surface area contributed by atoms with Crippen molar-refractivity contribution < 1.29 is 19.1 Å². The number of ether oxygens (including phenoxy) is 1. The molecule has 0 spiro atoms. The van der Waals surface area contributed by atoms with Crippen LogP contribution in [0.5, 0.6) is 5.75 Å². The lowest BCUT2D eigenvalue weighted by atomic mass is 10.1. The lowest BCUT2D eigenvalue weighted by molar-refractivity contribution is -0.127. The molecule has 3 aromatic rings. The highest BCUT2D eigenvalue weighted by Crippen LogP contribution is 2.32. The lowest BCUT2D eigenvalue weighted by Crippen LogP contribution is -2.36. The van der Waals surface area contributed by atoms with Gasteiger partial charge in [-0.05, 0) is 73.0 Å². The molecule has 3 amide bonds. The fraction of sp³-hybridized carbons (Fsp3) is 0.179. The number of rotatable bonds is 7. The van der Waals surface area contributed by atoms with Crippen LogP contribution in [0.2, 0.25) is 0 Å². The lowest BCUT2D eigenvalue weighted by Gasteiger charge is -2.15. The van der Waals surface area contributed by atoms with Crippen LogP contribution < -0.4 is 10.1 Å². The number of imide groups is 1. The predicted molar refractivity (Wildman–Crippen MR) is 139 cm³/mol. The summed E-state index contributed by atoms with van der Waals surface area (Å²) in [5.74, 6) is -0.183. The maximum absolute atomic E-state index is 12.8. The van der Waals surface area contributed by atoms with Gasteiger partial charge in [-0.2, -0.15) is 0 Å². The van der Waals surface area contributed by atoms with Gasteiger partial charge in [-0.1, -0.05) is 60.2 Å². The van der Waals surface area contributed by atoms with Crippen molar-refractivity contribution in [1.29, 1.82) is 0 Å². The number of hydrogen-bond donors (Lipinski definition) is 1. The van der Waals surface area contributed by atoms with Gasteiger partial charge in [0.15, 0.2) is 0 Å². The van der Waals surface area contributed by atoms with Gasteiger partial charge in [-0.3, -0.25) is 19.3 Å². The second-order valence-corrected chi connectivity index (χ2v) is 9.42. The molecule has 1 saturated heterocycles. The summed E-state index contributed by atoms with van der Waals surface area (Å²) in [6.45, 7) is 5.96. The molecule has 0 bridgehead atoms. The van der Waals surface area contributed by atoms with E-state index in [1.54, 1.807) is 6.08 Å². The van der Waals surface area contributed by atoms with E-state index < -0.39 is 17.1 Å². The van der Waals surface area contributed by atoms with E-state index in [0.29, 0.717) is 18.0 Å². The van der Waals surface area contributed by atoms with Crippen molar-refractivity contribution in [2.45, 2.75) is 27.4 Å². The van der Waals surface area contributed by atoms with Gasteiger partial charge in [0.1, 0.15) is 18.9 Å². The zero-order chi connectivity index (χ0) is 24.9. The van der Waals surface area contributed by atoms with Gasteiger partial charge in [-0.25, -0.2) is 0 Å². The van der Waals surface area contributed by atoms with Crippen molar-refractivity contribution in [3.8, 4) is 5.75 Å². The molecule has 0 atom stereocenters. The van der Waals surface area contributed by atoms with Gasteiger partial charge in [0.2, 0.25) is 5.91 Å². The van der Waals surface area contributed by atoms with E-state index in [1.165, 1.54) is 5.56 Å². The molecule has 0 radical (unpaired) electrons. The number of benzene rings is 3. The zero-order valence-corrected chi connectivity index (χ0v) is 20.6. The molecule has 6 nitrogen and oxygen atoms in total. The van der Waals surface area contributed by atoms with E-state index >= 15 is 0 Å². The first-order valence-electron chi connectivity index (χ1n) is 11.2. The molecular weight excluding hydrogens is 460 g/mol. The molecule has 1 fully saturated rings. The summed E-state index contributed by atoms with van der Waals surface area (Å²) in [5, 5.41) is 2.35. The molecule has 1 aliphatic rings. The number of nitrogens with zero attached hydrogens (tertiary/aromatic N) is 1. The molecular formula is C28H26N2O4S. The van der Waals surface area contributed by atoms with Gasteiger partial charge < -0.3 is 10.1 Å². The molecule has 0 aliphatic carbocycles. The third-order valence-electron chi connectivity index (χ3n) is 5.59. The number of anilines is 1. The molecule has 1 aliphatic heterocycles. The Morgan fingerprint density at radius 1 is 0.971 bits per heavy atom. The van der Waals surface area contributed by atoms with Crippen LogP contribution in [0.15, 0.2) is 71.6 Å². The maximum Gasteiger partial charge on any atom is 0.294 e. The molecule has 7 heteroatoms. The Balaban J connectivity index is 1.37. The molecule has 0 saturated carbocycles. The second-order valence-electron chi connectivity index (χ2n) is 8.43. The second kappa shape index (κ2) is 10.6. The van der Waals surface area contributed by atoms with Crippen LogP contribution in [0, 0.1) is 20.8 Å². The first-order chi connectivity index (χ1) is 16.8. The Morgan fingerprint density at radius 2 is 1.66 bits per heavy atom. The Morgan fingerprint density at radius 3 is 2.34 bits per heavy atom. The Labute approximate surface area is 209 Å². The number of aryl methyl sites for hydroxylation is 3. The monoisotopic (exact) mass is 486 g/mol. The van der Waals surface area contributed by atoms with Gasteiger partial charge in [-0.15, -0.1) is 0 Å². The van der Waals surface area contributed by atoms with Crippen LogP contribution in [0.1, 0.15) is 27.8 Å². The molecule has 178 valence electrons. The fourth-order valence-electron chi connectivity index (χ4n) is 3.75. The van der Waals surface area contributed by atoms with E-state index in [1.807, 2.05) is 81.4 Å². The predicted octanol–water partition coefficient (Wildman–Crippen LogP) is 5.87. The number of nitrogens with one attached hydrogen (secondary N) is 1. The van der Waals surface area contributed by atoms with Crippen LogP contribution in [-0.2, 0) is 16.2 Å². The highest BCUT2D eigenvalue weighted by molar-refractivity contribution is 8.18. The summed E-state index contributed by atoms with van der Waals surface area (Å²) >= 11 is 0.832.